The van der Waals surface area contributed by atoms with Gasteiger partial charge in [0.25, 0.3) is 0 Å². The smallest absolute Gasteiger partial charge is 0.0659 e. The van der Waals surface area contributed by atoms with Crippen LogP contribution in [-0.2, 0) is 6.54 Å². The summed E-state index contributed by atoms with van der Waals surface area (Å²) in [7, 11) is 1.95. The van der Waals surface area contributed by atoms with E-state index in [4.69, 9.17) is 11.6 Å². The van der Waals surface area contributed by atoms with Crippen LogP contribution in [0.25, 0.3) is 0 Å². The Labute approximate surface area is 106 Å². The van der Waals surface area contributed by atoms with Crippen LogP contribution in [0.3, 0.4) is 0 Å². The van der Waals surface area contributed by atoms with Crippen LogP contribution in [0.2, 0.25) is 5.02 Å². The number of hydrogen-bond donors (Lipinski definition) is 1. The largest absolute Gasteiger partial charge is 0.313 e. The number of halogens is 1. The lowest BCUT2D eigenvalue weighted by atomic mass is 10.2. The zero-order valence-corrected chi connectivity index (χ0v) is 10.8. The molecule has 3 nitrogen and oxygen atoms in total. The van der Waals surface area contributed by atoms with Gasteiger partial charge < -0.3 is 5.32 Å². The highest BCUT2D eigenvalue weighted by Crippen LogP contribution is 2.13. The molecule has 90 valence electrons. The molecule has 4 heteroatoms. The molecule has 2 aromatic rings. The number of nitrogens with zero attached hydrogens (tertiary/aromatic N) is 2. The van der Waals surface area contributed by atoms with Crippen molar-refractivity contribution in [3.8, 4) is 0 Å². The van der Waals surface area contributed by atoms with E-state index in [-0.39, 0.29) is 0 Å². The first-order chi connectivity index (χ1) is 8.19. The van der Waals surface area contributed by atoms with E-state index < -0.39 is 0 Å². The quantitative estimate of drug-likeness (QED) is 0.903. The SMILES string of the molecule is CNC(C)c1cnn(Cc2ccc(Cl)cc2)c1. The molecule has 1 unspecified atom stereocenters. The van der Waals surface area contributed by atoms with Gasteiger partial charge in [-0.2, -0.15) is 5.10 Å². The van der Waals surface area contributed by atoms with Gasteiger partial charge in [0, 0.05) is 22.8 Å². The Morgan fingerprint density at radius 3 is 2.71 bits per heavy atom. The normalized spacial score (nSPS) is 12.6. The van der Waals surface area contributed by atoms with Crippen LogP contribution in [0.4, 0.5) is 0 Å². The fourth-order valence-corrected chi connectivity index (χ4v) is 1.76. The first-order valence-corrected chi connectivity index (χ1v) is 6.01. The van der Waals surface area contributed by atoms with Gasteiger partial charge in [-0.15, -0.1) is 0 Å². The van der Waals surface area contributed by atoms with Gasteiger partial charge in [0.05, 0.1) is 12.7 Å². The lowest BCUT2D eigenvalue weighted by molar-refractivity contribution is 0.646. The van der Waals surface area contributed by atoms with Crippen molar-refractivity contribution in [3.63, 3.8) is 0 Å². The van der Waals surface area contributed by atoms with Crippen LogP contribution in [0.5, 0.6) is 0 Å². The third kappa shape index (κ3) is 3.08. The highest BCUT2D eigenvalue weighted by Gasteiger charge is 2.05. The van der Waals surface area contributed by atoms with Gasteiger partial charge in [-0.3, -0.25) is 4.68 Å². The van der Waals surface area contributed by atoms with Crippen molar-refractivity contribution in [2.75, 3.05) is 7.05 Å². The van der Waals surface area contributed by atoms with Gasteiger partial charge in [-0.1, -0.05) is 23.7 Å². The van der Waals surface area contributed by atoms with Crippen molar-refractivity contribution in [1.29, 1.82) is 0 Å². The molecule has 1 N–H and O–H groups in total. The second kappa shape index (κ2) is 5.34. The Morgan fingerprint density at radius 1 is 1.35 bits per heavy atom. The minimum Gasteiger partial charge on any atom is -0.313 e. The maximum Gasteiger partial charge on any atom is 0.0659 e. The average molecular weight is 250 g/mol. The molecule has 0 fully saturated rings. The molecule has 1 heterocycles. The summed E-state index contributed by atoms with van der Waals surface area (Å²) >= 11 is 5.85. The van der Waals surface area contributed by atoms with Crippen molar-refractivity contribution < 1.29 is 0 Å². The third-order valence-electron chi connectivity index (χ3n) is 2.84. The van der Waals surface area contributed by atoms with Gasteiger partial charge in [0.1, 0.15) is 0 Å². The molecule has 0 aliphatic carbocycles. The monoisotopic (exact) mass is 249 g/mol. The fraction of sp³-hybridized carbons (Fsp3) is 0.308. The van der Waals surface area contributed by atoms with Crippen LogP contribution < -0.4 is 5.32 Å². The van der Waals surface area contributed by atoms with E-state index in [2.05, 4.69) is 23.5 Å². The topological polar surface area (TPSA) is 29.9 Å². The predicted octanol–water partition coefficient (Wildman–Crippen LogP) is 2.87. The van der Waals surface area contributed by atoms with E-state index in [9.17, 15) is 0 Å². The molecule has 0 spiro atoms. The van der Waals surface area contributed by atoms with Crippen LogP contribution in [-0.4, -0.2) is 16.8 Å². The number of aromatic nitrogens is 2. The van der Waals surface area contributed by atoms with Crippen LogP contribution in [0, 0.1) is 0 Å². The molecule has 0 radical (unpaired) electrons. The number of hydrogen-bond acceptors (Lipinski definition) is 2. The van der Waals surface area contributed by atoms with Gasteiger partial charge >= 0.3 is 0 Å². The Hall–Kier alpha value is -1.32. The molecule has 17 heavy (non-hydrogen) atoms. The summed E-state index contributed by atoms with van der Waals surface area (Å²) in [5.41, 5.74) is 2.39. The molecular formula is C13H16ClN3. The van der Waals surface area contributed by atoms with Crippen molar-refractivity contribution in [2.24, 2.45) is 0 Å². The summed E-state index contributed by atoms with van der Waals surface area (Å²) in [6.45, 7) is 2.89. The predicted molar refractivity (Wildman–Crippen MR) is 70.3 cm³/mol. The van der Waals surface area contributed by atoms with E-state index in [1.807, 2.05) is 42.2 Å². The molecular weight excluding hydrogens is 234 g/mol. The Bertz CT molecular complexity index is 476. The van der Waals surface area contributed by atoms with Gasteiger partial charge in [-0.25, -0.2) is 0 Å². The zero-order valence-electron chi connectivity index (χ0n) is 10.0. The molecule has 0 saturated carbocycles. The van der Waals surface area contributed by atoms with E-state index in [1.54, 1.807) is 0 Å². The van der Waals surface area contributed by atoms with Crippen molar-refractivity contribution in [3.05, 3.63) is 52.8 Å². The lowest BCUT2D eigenvalue weighted by Gasteiger charge is -2.06. The van der Waals surface area contributed by atoms with Crippen LogP contribution in [0.1, 0.15) is 24.1 Å². The Kier molecular flexibility index (Phi) is 3.82. The maximum atomic E-state index is 5.85. The summed E-state index contributed by atoms with van der Waals surface area (Å²) in [5, 5.41) is 8.30. The zero-order chi connectivity index (χ0) is 12.3. The van der Waals surface area contributed by atoms with E-state index in [0.717, 1.165) is 11.6 Å². The minimum absolute atomic E-state index is 0.328. The number of nitrogens with one attached hydrogen (secondary N) is 1. The molecule has 0 aliphatic heterocycles. The van der Waals surface area contributed by atoms with Gasteiger partial charge in [0.2, 0.25) is 0 Å². The summed E-state index contributed by atoms with van der Waals surface area (Å²) in [6.07, 6.45) is 3.97. The van der Waals surface area contributed by atoms with E-state index in [0.29, 0.717) is 6.04 Å². The van der Waals surface area contributed by atoms with Crippen molar-refractivity contribution in [1.82, 2.24) is 15.1 Å². The molecule has 0 amide bonds. The Morgan fingerprint density at radius 2 is 2.06 bits per heavy atom. The van der Waals surface area contributed by atoms with Gasteiger partial charge in [0.15, 0.2) is 0 Å². The fourth-order valence-electron chi connectivity index (χ4n) is 1.63. The maximum absolute atomic E-state index is 5.85. The minimum atomic E-state index is 0.328. The molecule has 1 aromatic carbocycles. The van der Waals surface area contributed by atoms with E-state index in [1.165, 1.54) is 11.1 Å². The lowest BCUT2D eigenvalue weighted by Crippen LogP contribution is -2.11. The van der Waals surface area contributed by atoms with Crippen molar-refractivity contribution >= 4 is 11.6 Å². The second-order valence-electron chi connectivity index (χ2n) is 4.11. The molecule has 1 aromatic heterocycles. The highest BCUT2D eigenvalue weighted by atomic mass is 35.5. The first-order valence-electron chi connectivity index (χ1n) is 5.63. The Balaban J connectivity index is 2.08. The number of benzene rings is 1. The molecule has 2 rings (SSSR count). The summed E-state index contributed by atoms with van der Waals surface area (Å²) in [6, 6.07) is 8.17. The summed E-state index contributed by atoms with van der Waals surface area (Å²) in [4.78, 5) is 0. The second-order valence-corrected chi connectivity index (χ2v) is 4.54. The summed E-state index contributed by atoms with van der Waals surface area (Å²) in [5.74, 6) is 0. The molecule has 0 aliphatic rings. The van der Waals surface area contributed by atoms with Crippen LogP contribution >= 0.6 is 11.6 Å². The number of rotatable bonds is 4. The summed E-state index contributed by atoms with van der Waals surface area (Å²) < 4.78 is 1.94. The van der Waals surface area contributed by atoms with Gasteiger partial charge in [-0.05, 0) is 31.7 Å². The van der Waals surface area contributed by atoms with E-state index >= 15 is 0 Å². The third-order valence-corrected chi connectivity index (χ3v) is 3.10. The highest BCUT2D eigenvalue weighted by molar-refractivity contribution is 6.30. The molecule has 0 saturated heterocycles. The average Bonchev–Trinajstić information content (AvgIpc) is 2.80. The van der Waals surface area contributed by atoms with Crippen molar-refractivity contribution in [2.45, 2.75) is 19.5 Å². The standard InChI is InChI=1S/C13H16ClN3/c1-10(15-2)12-7-16-17(9-12)8-11-3-5-13(14)6-4-11/h3-7,9-10,15H,8H2,1-2H3. The molecule has 1 atom stereocenters. The van der Waals surface area contributed by atoms with Crippen LogP contribution in [0.15, 0.2) is 36.7 Å². The molecule has 0 bridgehead atoms. The first kappa shape index (κ1) is 12.1.